The van der Waals surface area contributed by atoms with Crippen LogP contribution in [0.2, 0.25) is 5.02 Å². The summed E-state index contributed by atoms with van der Waals surface area (Å²) >= 11 is 7.55. The number of piperidine rings is 1. The summed E-state index contributed by atoms with van der Waals surface area (Å²) in [6.45, 7) is 4.66. The van der Waals surface area contributed by atoms with E-state index in [1.54, 1.807) is 16.0 Å². The van der Waals surface area contributed by atoms with Crippen LogP contribution in [0.3, 0.4) is 0 Å². The standard InChI is InChI=1S/C27H28ClN3O2S/c28-22-9-5-20(6-10-22)19-31-27(32)24-13-18-34-26(24)25(29-31)21-7-11-23(12-8-21)33-17-4-16-30-14-2-1-3-15-30/h5-13,18H,1-4,14-17,19H2. The van der Waals surface area contributed by atoms with Crippen molar-refractivity contribution in [3.8, 4) is 17.0 Å². The highest BCUT2D eigenvalue weighted by Gasteiger charge is 2.14. The predicted octanol–water partition coefficient (Wildman–Crippen LogP) is 6.08. The molecule has 0 radical (unpaired) electrons. The van der Waals surface area contributed by atoms with Crippen molar-refractivity contribution < 1.29 is 4.74 Å². The van der Waals surface area contributed by atoms with Crippen molar-refractivity contribution in [1.82, 2.24) is 14.7 Å². The number of thiophene rings is 1. The number of ether oxygens (including phenoxy) is 1. The number of likely N-dealkylation sites (tertiary alicyclic amines) is 1. The van der Waals surface area contributed by atoms with Crippen LogP contribution in [0.5, 0.6) is 5.75 Å². The van der Waals surface area contributed by atoms with E-state index in [4.69, 9.17) is 21.4 Å². The van der Waals surface area contributed by atoms with Crippen molar-refractivity contribution in [3.63, 3.8) is 0 Å². The van der Waals surface area contributed by atoms with Gasteiger partial charge in [-0.1, -0.05) is 30.2 Å². The van der Waals surface area contributed by atoms with Gasteiger partial charge in [-0.2, -0.15) is 5.10 Å². The van der Waals surface area contributed by atoms with Crippen LogP contribution in [0.1, 0.15) is 31.2 Å². The van der Waals surface area contributed by atoms with Crippen LogP contribution in [0.4, 0.5) is 0 Å². The average molecular weight is 494 g/mol. The van der Waals surface area contributed by atoms with E-state index in [1.807, 2.05) is 60.0 Å². The van der Waals surface area contributed by atoms with E-state index < -0.39 is 0 Å². The first-order valence-corrected chi connectivity index (χ1v) is 13.1. The Hall–Kier alpha value is -2.67. The SMILES string of the molecule is O=c1c2ccsc2c(-c2ccc(OCCCN3CCCCC3)cc2)nn1Cc1ccc(Cl)cc1. The molecule has 0 atom stereocenters. The van der Waals surface area contributed by atoms with Crippen LogP contribution in [-0.4, -0.2) is 40.9 Å². The number of rotatable bonds is 8. The van der Waals surface area contributed by atoms with E-state index in [-0.39, 0.29) is 5.56 Å². The molecule has 5 rings (SSSR count). The third kappa shape index (κ3) is 5.35. The number of hydrogen-bond acceptors (Lipinski definition) is 5. The lowest BCUT2D eigenvalue weighted by molar-refractivity contribution is 0.205. The summed E-state index contributed by atoms with van der Waals surface area (Å²) in [6.07, 6.45) is 5.04. The minimum atomic E-state index is -0.0800. The maximum Gasteiger partial charge on any atom is 0.275 e. The zero-order valence-electron chi connectivity index (χ0n) is 19.1. The van der Waals surface area contributed by atoms with Gasteiger partial charge < -0.3 is 9.64 Å². The molecule has 1 aliphatic rings. The maximum absolute atomic E-state index is 13.0. The molecule has 176 valence electrons. The van der Waals surface area contributed by atoms with Gasteiger partial charge in [0.1, 0.15) is 11.4 Å². The summed E-state index contributed by atoms with van der Waals surface area (Å²) < 4.78 is 8.43. The molecule has 7 heteroatoms. The molecule has 0 saturated carbocycles. The first kappa shape index (κ1) is 23.1. The molecular weight excluding hydrogens is 466 g/mol. The highest BCUT2D eigenvalue weighted by Crippen LogP contribution is 2.30. The van der Waals surface area contributed by atoms with Crippen molar-refractivity contribution in [2.75, 3.05) is 26.2 Å². The van der Waals surface area contributed by atoms with Crippen LogP contribution < -0.4 is 10.3 Å². The molecule has 2 aromatic carbocycles. The van der Waals surface area contributed by atoms with Gasteiger partial charge in [0.05, 0.1) is 23.2 Å². The molecule has 5 nitrogen and oxygen atoms in total. The summed E-state index contributed by atoms with van der Waals surface area (Å²) in [6, 6.07) is 17.4. The van der Waals surface area contributed by atoms with E-state index >= 15 is 0 Å². The van der Waals surface area contributed by atoms with Crippen LogP contribution >= 0.6 is 22.9 Å². The van der Waals surface area contributed by atoms with Crippen molar-refractivity contribution in [2.45, 2.75) is 32.2 Å². The molecule has 3 heterocycles. The normalized spacial score (nSPS) is 14.5. The largest absolute Gasteiger partial charge is 0.494 e. The van der Waals surface area contributed by atoms with Crippen molar-refractivity contribution in [1.29, 1.82) is 0 Å². The molecule has 0 bridgehead atoms. The second kappa shape index (κ2) is 10.7. The molecule has 34 heavy (non-hydrogen) atoms. The van der Waals surface area contributed by atoms with Crippen molar-refractivity contribution >= 4 is 33.0 Å². The predicted molar refractivity (Wildman–Crippen MR) is 140 cm³/mol. The lowest BCUT2D eigenvalue weighted by atomic mass is 10.1. The molecule has 0 aliphatic carbocycles. The van der Waals surface area contributed by atoms with Gasteiger partial charge in [0.2, 0.25) is 0 Å². The smallest absolute Gasteiger partial charge is 0.275 e. The second-order valence-corrected chi connectivity index (χ2v) is 10.1. The minimum Gasteiger partial charge on any atom is -0.494 e. The number of nitrogens with zero attached hydrogens (tertiary/aromatic N) is 3. The first-order chi connectivity index (χ1) is 16.7. The molecule has 0 spiro atoms. The van der Waals surface area contributed by atoms with Crippen LogP contribution in [0.25, 0.3) is 21.3 Å². The van der Waals surface area contributed by atoms with Gasteiger partial charge in [-0.15, -0.1) is 11.3 Å². The lowest BCUT2D eigenvalue weighted by Crippen LogP contribution is -2.31. The quantitative estimate of drug-likeness (QED) is 0.279. The number of benzene rings is 2. The summed E-state index contributed by atoms with van der Waals surface area (Å²) in [7, 11) is 0. The van der Waals surface area contributed by atoms with Crippen LogP contribution in [-0.2, 0) is 6.54 Å². The van der Waals surface area contributed by atoms with E-state index in [0.29, 0.717) is 17.0 Å². The average Bonchev–Trinajstić information content (AvgIpc) is 3.37. The van der Waals surface area contributed by atoms with Gasteiger partial charge in [0.15, 0.2) is 0 Å². The Labute approximate surface area is 208 Å². The Balaban J connectivity index is 1.31. The molecule has 4 aromatic rings. The van der Waals surface area contributed by atoms with Gasteiger partial charge in [-0.25, -0.2) is 4.68 Å². The Morgan fingerprint density at radius 3 is 2.50 bits per heavy atom. The zero-order chi connectivity index (χ0) is 23.3. The van der Waals surface area contributed by atoms with E-state index in [1.165, 1.54) is 32.4 Å². The molecule has 0 N–H and O–H groups in total. The molecule has 1 saturated heterocycles. The van der Waals surface area contributed by atoms with Gasteiger partial charge in [0, 0.05) is 17.1 Å². The van der Waals surface area contributed by atoms with Crippen molar-refractivity contribution in [3.05, 3.63) is 80.9 Å². The Morgan fingerprint density at radius 1 is 0.971 bits per heavy atom. The maximum atomic E-state index is 13.0. The van der Waals surface area contributed by atoms with Gasteiger partial charge in [-0.05, 0) is 85.8 Å². The van der Waals surface area contributed by atoms with E-state index in [9.17, 15) is 4.79 Å². The Kier molecular flexibility index (Phi) is 7.28. The molecule has 2 aromatic heterocycles. The molecule has 0 unspecified atom stereocenters. The summed E-state index contributed by atoms with van der Waals surface area (Å²) in [5, 5.41) is 8.07. The summed E-state index contributed by atoms with van der Waals surface area (Å²) in [4.78, 5) is 15.6. The van der Waals surface area contributed by atoms with E-state index in [0.717, 1.165) is 46.8 Å². The van der Waals surface area contributed by atoms with E-state index in [2.05, 4.69) is 4.90 Å². The third-order valence-electron chi connectivity index (χ3n) is 6.28. The number of aromatic nitrogens is 2. The number of halogens is 1. The minimum absolute atomic E-state index is 0.0800. The molecule has 1 aliphatic heterocycles. The fourth-order valence-corrected chi connectivity index (χ4v) is 5.46. The van der Waals surface area contributed by atoms with Gasteiger partial charge in [-0.3, -0.25) is 4.79 Å². The highest BCUT2D eigenvalue weighted by atomic mass is 35.5. The topological polar surface area (TPSA) is 47.4 Å². The fourth-order valence-electron chi connectivity index (χ4n) is 4.44. The number of hydrogen-bond donors (Lipinski definition) is 0. The number of fused-ring (bicyclic) bond motifs is 1. The fraction of sp³-hybridized carbons (Fsp3) is 0.333. The summed E-state index contributed by atoms with van der Waals surface area (Å²) in [5.41, 5.74) is 2.68. The van der Waals surface area contributed by atoms with Gasteiger partial charge >= 0.3 is 0 Å². The Morgan fingerprint density at radius 2 is 1.74 bits per heavy atom. The first-order valence-electron chi connectivity index (χ1n) is 11.9. The monoisotopic (exact) mass is 493 g/mol. The lowest BCUT2D eigenvalue weighted by Gasteiger charge is -2.26. The summed E-state index contributed by atoms with van der Waals surface area (Å²) in [5.74, 6) is 0.860. The van der Waals surface area contributed by atoms with Crippen molar-refractivity contribution in [2.24, 2.45) is 0 Å². The highest BCUT2D eigenvalue weighted by molar-refractivity contribution is 7.17. The second-order valence-electron chi connectivity index (χ2n) is 8.73. The Bertz CT molecular complexity index is 1290. The van der Waals surface area contributed by atoms with Gasteiger partial charge in [0.25, 0.3) is 5.56 Å². The zero-order valence-corrected chi connectivity index (χ0v) is 20.7. The molecule has 1 fully saturated rings. The van der Waals surface area contributed by atoms with Crippen LogP contribution in [0, 0.1) is 0 Å². The molecular formula is C27H28ClN3O2S. The van der Waals surface area contributed by atoms with Crippen LogP contribution in [0.15, 0.2) is 64.8 Å². The molecule has 0 amide bonds. The third-order valence-corrected chi connectivity index (χ3v) is 7.45.